The van der Waals surface area contributed by atoms with Crippen LogP contribution in [0.4, 0.5) is 0 Å². The molecular weight excluding hydrogens is 208 g/mol. The van der Waals surface area contributed by atoms with Crippen LogP contribution in [-0.4, -0.2) is 35.6 Å². The minimum atomic E-state index is 0.531. The molecule has 1 saturated carbocycles. The Morgan fingerprint density at radius 3 is 2.59 bits per heavy atom. The first-order valence-corrected chi connectivity index (χ1v) is 7.80. The van der Waals surface area contributed by atoms with Crippen LogP contribution < -0.4 is 5.32 Å². The van der Waals surface area contributed by atoms with Crippen LogP contribution in [-0.2, 0) is 0 Å². The van der Waals surface area contributed by atoms with E-state index in [1.165, 1.54) is 70.9 Å². The Balaban J connectivity index is 1.66. The average Bonchev–Trinajstić information content (AvgIpc) is 2.77. The van der Waals surface area contributed by atoms with E-state index in [4.69, 9.17) is 0 Å². The summed E-state index contributed by atoms with van der Waals surface area (Å²) in [6.45, 7) is 5.05. The molecule has 2 saturated heterocycles. The topological polar surface area (TPSA) is 15.3 Å². The Kier molecular flexibility index (Phi) is 3.45. The van der Waals surface area contributed by atoms with E-state index in [-0.39, 0.29) is 0 Å². The lowest BCUT2D eigenvalue weighted by Crippen LogP contribution is -2.57. The van der Waals surface area contributed by atoms with Crippen LogP contribution in [0.3, 0.4) is 0 Å². The van der Waals surface area contributed by atoms with Crippen molar-refractivity contribution in [3.05, 3.63) is 0 Å². The zero-order valence-corrected chi connectivity index (χ0v) is 11.4. The van der Waals surface area contributed by atoms with Crippen molar-refractivity contribution < 1.29 is 0 Å². The predicted octanol–water partition coefficient (Wildman–Crippen LogP) is 2.93. The Bertz CT molecular complexity index is 252. The SMILES string of the molecule is CC1CCCN1C1CCNC2(CCCCC2)C1. The maximum atomic E-state index is 3.88. The van der Waals surface area contributed by atoms with Gasteiger partial charge < -0.3 is 5.32 Å². The van der Waals surface area contributed by atoms with Gasteiger partial charge in [-0.1, -0.05) is 19.3 Å². The van der Waals surface area contributed by atoms with E-state index in [1.807, 2.05) is 0 Å². The lowest BCUT2D eigenvalue weighted by molar-refractivity contribution is 0.0798. The summed E-state index contributed by atoms with van der Waals surface area (Å²) in [5.74, 6) is 0. The largest absolute Gasteiger partial charge is 0.311 e. The van der Waals surface area contributed by atoms with Crippen LogP contribution in [0.15, 0.2) is 0 Å². The van der Waals surface area contributed by atoms with Gasteiger partial charge in [-0.05, 0) is 58.5 Å². The summed E-state index contributed by atoms with van der Waals surface area (Å²) in [7, 11) is 0. The van der Waals surface area contributed by atoms with E-state index in [0.29, 0.717) is 5.54 Å². The molecule has 3 fully saturated rings. The zero-order chi connectivity index (χ0) is 11.7. The lowest BCUT2D eigenvalue weighted by atomic mass is 9.74. The third-order valence-electron chi connectivity index (χ3n) is 5.49. The molecule has 1 spiro atoms. The van der Waals surface area contributed by atoms with Gasteiger partial charge in [-0.3, -0.25) is 4.90 Å². The summed E-state index contributed by atoms with van der Waals surface area (Å²) < 4.78 is 0. The lowest BCUT2D eigenvalue weighted by Gasteiger charge is -2.47. The van der Waals surface area contributed by atoms with Crippen molar-refractivity contribution in [2.75, 3.05) is 13.1 Å². The third-order valence-corrected chi connectivity index (χ3v) is 5.49. The molecule has 2 nitrogen and oxygen atoms in total. The Morgan fingerprint density at radius 1 is 1.06 bits per heavy atom. The van der Waals surface area contributed by atoms with E-state index >= 15 is 0 Å². The average molecular weight is 236 g/mol. The summed E-state index contributed by atoms with van der Waals surface area (Å²) in [6, 6.07) is 1.73. The molecule has 2 heteroatoms. The molecule has 0 aromatic heterocycles. The highest BCUT2D eigenvalue weighted by Gasteiger charge is 2.40. The number of piperidine rings is 1. The van der Waals surface area contributed by atoms with Crippen molar-refractivity contribution in [1.82, 2.24) is 10.2 Å². The van der Waals surface area contributed by atoms with Crippen LogP contribution in [0.25, 0.3) is 0 Å². The van der Waals surface area contributed by atoms with Crippen LogP contribution >= 0.6 is 0 Å². The van der Waals surface area contributed by atoms with Crippen molar-refractivity contribution in [2.24, 2.45) is 0 Å². The molecule has 0 amide bonds. The van der Waals surface area contributed by atoms with Gasteiger partial charge in [0.05, 0.1) is 0 Å². The maximum absolute atomic E-state index is 3.88. The van der Waals surface area contributed by atoms with Gasteiger partial charge in [-0.25, -0.2) is 0 Å². The van der Waals surface area contributed by atoms with E-state index in [0.717, 1.165) is 12.1 Å². The van der Waals surface area contributed by atoms with Gasteiger partial charge in [-0.2, -0.15) is 0 Å². The summed E-state index contributed by atoms with van der Waals surface area (Å²) in [5.41, 5.74) is 0.531. The zero-order valence-electron chi connectivity index (χ0n) is 11.4. The van der Waals surface area contributed by atoms with Gasteiger partial charge in [-0.15, -0.1) is 0 Å². The number of likely N-dealkylation sites (tertiary alicyclic amines) is 1. The highest BCUT2D eigenvalue weighted by atomic mass is 15.2. The first-order chi connectivity index (χ1) is 8.29. The number of nitrogens with one attached hydrogen (secondary N) is 1. The van der Waals surface area contributed by atoms with Crippen molar-refractivity contribution in [3.63, 3.8) is 0 Å². The van der Waals surface area contributed by atoms with Gasteiger partial charge in [0.25, 0.3) is 0 Å². The first-order valence-electron chi connectivity index (χ1n) is 7.80. The minimum absolute atomic E-state index is 0.531. The fourth-order valence-corrected chi connectivity index (χ4v) is 4.52. The second-order valence-corrected chi connectivity index (χ2v) is 6.64. The molecule has 2 aliphatic heterocycles. The van der Waals surface area contributed by atoms with Crippen LogP contribution in [0, 0.1) is 0 Å². The van der Waals surface area contributed by atoms with Crippen molar-refractivity contribution in [2.45, 2.75) is 82.3 Å². The summed E-state index contributed by atoms with van der Waals surface area (Å²) in [6.07, 6.45) is 12.9. The normalized spacial score (nSPS) is 38.6. The van der Waals surface area contributed by atoms with Gasteiger partial charge >= 0.3 is 0 Å². The monoisotopic (exact) mass is 236 g/mol. The molecule has 0 radical (unpaired) electrons. The van der Waals surface area contributed by atoms with Crippen LogP contribution in [0.2, 0.25) is 0 Å². The molecule has 98 valence electrons. The van der Waals surface area contributed by atoms with Crippen LogP contribution in [0.5, 0.6) is 0 Å². The number of nitrogens with zero attached hydrogens (tertiary/aromatic N) is 1. The quantitative estimate of drug-likeness (QED) is 0.753. The molecule has 0 aromatic carbocycles. The summed E-state index contributed by atoms with van der Waals surface area (Å²) in [4.78, 5) is 2.82. The smallest absolute Gasteiger partial charge is 0.0196 e. The molecule has 3 rings (SSSR count). The molecule has 1 N–H and O–H groups in total. The summed E-state index contributed by atoms with van der Waals surface area (Å²) in [5, 5.41) is 3.88. The van der Waals surface area contributed by atoms with Gasteiger partial charge in [0.2, 0.25) is 0 Å². The second-order valence-electron chi connectivity index (χ2n) is 6.64. The molecular formula is C15H28N2. The van der Waals surface area contributed by atoms with Gasteiger partial charge in [0, 0.05) is 17.6 Å². The van der Waals surface area contributed by atoms with Crippen LogP contribution in [0.1, 0.15) is 64.7 Å². The first kappa shape index (κ1) is 12.0. The fraction of sp³-hybridized carbons (Fsp3) is 1.00. The predicted molar refractivity (Wildman–Crippen MR) is 72.2 cm³/mol. The van der Waals surface area contributed by atoms with Crippen molar-refractivity contribution >= 4 is 0 Å². The second kappa shape index (κ2) is 4.89. The highest BCUT2D eigenvalue weighted by Crippen LogP contribution is 2.37. The minimum Gasteiger partial charge on any atom is -0.311 e. The maximum Gasteiger partial charge on any atom is 0.0196 e. The van der Waals surface area contributed by atoms with Crippen molar-refractivity contribution in [3.8, 4) is 0 Å². The molecule has 2 heterocycles. The highest BCUT2D eigenvalue weighted by molar-refractivity contribution is 4.99. The number of rotatable bonds is 1. The summed E-state index contributed by atoms with van der Waals surface area (Å²) >= 11 is 0. The Morgan fingerprint density at radius 2 is 1.88 bits per heavy atom. The molecule has 0 aromatic rings. The van der Waals surface area contributed by atoms with Gasteiger partial charge in [0.15, 0.2) is 0 Å². The Labute approximate surface area is 106 Å². The van der Waals surface area contributed by atoms with E-state index in [2.05, 4.69) is 17.1 Å². The molecule has 1 aliphatic carbocycles. The standard InChI is InChI=1S/C15H28N2/c1-13-6-5-11-17(13)14-7-10-16-15(12-14)8-3-2-4-9-15/h13-14,16H,2-12H2,1H3. The van der Waals surface area contributed by atoms with E-state index in [1.54, 1.807) is 0 Å². The fourth-order valence-electron chi connectivity index (χ4n) is 4.52. The van der Waals surface area contributed by atoms with Crippen molar-refractivity contribution in [1.29, 1.82) is 0 Å². The van der Waals surface area contributed by atoms with E-state index in [9.17, 15) is 0 Å². The molecule has 2 unspecified atom stereocenters. The number of hydrogen-bond acceptors (Lipinski definition) is 2. The molecule has 2 atom stereocenters. The van der Waals surface area contributed by atoms with Gasteiger partial charge in [0.1, 0.15) is 0 Å². The molecule has 3 aliphatic rings. The molecule has 0 bridgehead atoms. The number of hydrogen-bond donors (Lipinski definition) is 1. The third kappa shape index (κ3) is 2.39. The van der Waals surface area contributed by atoms with E-state index < -0.39 is 0 Å². The molecule has 17 heavy (non-hydrogen) atoms. The Hall–Kier alpha value is -0.0800.